The second-order valence-electron chi connectivity index (χ2n) is 5.79. The molecule has 3 amide bonds. The highest BCUT2D eigenvalue weighted by Gasteiger charge is 2.12. The summed E-state index contributed by atoms with van der Waals surface area (Å²) in [6, 6.07) is 4.12. The van der Waals surface area contributed by atoms with Crippen molar-refractivity contribution in [2.45, 2.75) is 20.4 Å². The Balaban J connectivity index is 2.43. The molecule has 0 radical (unpaired) electrons. The molecule has 0 unspecified atom stereocenters. The Morgan fingerprint density at radius 2 is 2.04 bits per heavy atom. The molecule has 128 valence electrons. The standard InChI is InChI=1S/C16H24FN3O3/c1-11(2)8-18-16(22)19-15(21)10-20(3)9-12-5-6-14(23-4)13(17)7-12/h5-7,11H,8-10H2,1-4H3,(H2,18,19,21,22). The average molecular weight is 325 g/mol. The molecule has 0 aliphatic rings. The predicted molar refractivity (Wildman–Crippen MR) is 85.7 cm³/mol. The van der Waals surface area contributed by atoms with Crippen molar-refractivity contribution in [1.82, 2.24) is 15.5 Å². The molecule has 0 spiro atoms. The molecule has 7 heteroatoms. The van der Waals surface area contributed by atoms with Crippen LogP contribution in [0.3, 0.4) is 0 Å². The molecule has 0 saturated heterocycles. The van der Waals surface area contributed by atoms with Crippen LogP contribution < -0.4 is 15.4 Å². The van der Waals surface area contributed by atoms with Crippen molar-refractivity contribution in [2.75, 3.05) is 27.2 Å². The minimum atomic E-state index is -0.507. The van der Waals surface area contributed by atoms with Gasteiger partial charge in [0.25, 0.3) is 0 Å². The highest BCUT2D eigenvalue weighted by Crippen LogP contribution is 2.18. The Morgan fingerprint density at radius 1 is 1.35 bits per heavy atom. The zero-order valence-electron chi connectivity index (χ0n) is 14.0. The molecule has 0 fully saturated rings. The Bertz CT molecular complexity index is 549. The topological polar surface area (TPSA) is 70.7 Å². The molecule has 0 heterocycles. The van der Waals surface area contributed by atoms with Crippen LogP contribution in [0, 0.1) is 11.7 Å². The van der Waals surface area contributed by atoms with Crippen molar-refractivity contribution in [1.29, 1.82) is 0 Å². The summed E-state index contributed by atoms with van der Waals surface area (Å²) in [5, 5.41) is 4.86. The lowest BCUT2D eigenvalue weighted by molar-refractivity contribution is -0.120. The van der Waals surface area contributed by atoms with Gasteiger partial charge in [-0.05, 0) is 30.7 Å². The van der Waals surface area contributed by atoms with E-state index in [2.05, 4.69) is 10.6 Å². The number of nitrogens with zero attached hydrogens (tertiary/aromatic N) is 1. The first-order valence-corrected chi connectivity index (χ1v) is 7.40. The maximum Gasteiger partial charge on any atom is 0.321 e. The fraction of sp³-hybridized carbons (Fsp3) is 0.500. The number of benzene rings is 1. The van der Waals surface area contributed by atoms with Gasteiger partial charge < -0.3 is 10.1 Å². The molecular weight excluding hydrogens is 301 g/mol. The van der Waals surface area contributed by atoms with Crippen molar-refractivity contribution in [3.8, 4) is 5.75 Å². The van der Waals surface area contributed by atoms with E-state index in [1.165, 1.54) is 19.2 Å². The number of ether oxygens (including phenoxy) is 1. The van der Waals surface area contributed by atoms with Crippen LogP contribution in [-0.2, 0) is 11.3 Å². The number of hydrogen-bond acceptors (Lipinski definition) is 4. The predicted octanol–water partition coefficient (Wildman–Crippen LogP) is 1.75. The van der Waals surface area contributed by atoms with Gasteiger partial charge >= 0.3 is 6.03 Å². The number of rotatable bonds is 7. The monoisotopic (exact) mass is 325 g/mol. The third-order valence-electron chi connectivity index (χ3n) is 3.01. The van der Waals surface area contributed by atoms with E-state index in [1.54, 1.807) is 18.0 Å². The van der Waals surface area contributed by atoms with E-state index in [4.69, 9.17) is 4.74 Å². The molecule has 0 saturated carbocycles. The third-order valence-corrected chi connectivity index (χ3v) is 3.01. The van der Waals surface area contributed by atoms with Gasteiger partial charge in [0.05, 0.1) is 13.7 Å². The molecule has 0 aliphatic carbocycles. The lowest BCUT2D eigenvalue weighted by Crippen LogP contribution is -2.44. The zero-order chi connectivity index (χ0) is 17.4. The Kier molecular flexibility index (Phi) is 7.47. The minimum absolute atomic E-state index is 0.0305. The summed E-state index contributed by atoms with van der Waals surface area (Å²) in [4.78, 5) is 24.9. The highest BCUT2D eigenvalue weighted by atomic mass is 19.1. The maximum atomic E-state index is 13.6. The van der Waals surface area contributed by atoms with E-state index in [1.807, 2.05) is 13.8 Å². The van der Waals surface area contributed by atoms with Crippen LogP contribution in [0.5, 0.6) is 5.75 Å². The highest BCUT2D eigenvalue weighted by molar-refractivity contribution is 5.95. The number of carbonyl (C=O) groups is 2. The number of nitrogens with one attached hydrogen (secondary N) is 2. The van der Waals surface area contributed by atoms with Gasteiger partial charge in [-0.25, -0.2) is 9.18 Å². The largest absolute Gasteiger partial charge is 0.494 e. The van der Waals surface area contributed by atoms with Crippen molar-refractivity contribution >= 4 is 11.9 Å². The number of imide groups is 1. The first-order valence-electron chi connectivity index (χ1n) is 7.40. The van der Waals surface area contributed by atoms with Crippen LogP contribution in [0.2, 0.25) is 0 Å². The zero-order valence-corrected chi connectivity index (χ0v) is 14.0. The van der Waals surface area contributed by atoms with Gasteiger partial charge in [-0.15, -0.1) is 0 Å². The van der Waals surface area contributed by atoms with E-state index in [0.29, 0.717) is 24.6 Å². The number of hydrogen-bond donors (Lipinski definition) is 2. The average Bonchev–Trinajstić information content (AvgIpc) is 2.45. The smallest absolute Gasteiger partial charge is 0.321 e. The summed E-state index contributed by atoms with van der Waals surface area (Å²) in [7, 11) is 3.12. The lowest BCUT2D eigenvalue weighted by atomic mass is 10.2. The molecule has 0 bridgehead atoms. The summed E-state index contributed by atoms with van der Waals surface area (Å²) in [6.45, 7) is 4.83. The summed E-state index contributed by atoms with van der Waals surface area (Å²) in [5.74, 6) is -0.377. The lowest BCUT2D eigenvalue weighted by Gasteiger charge is -2.16. The van der Waals surface area contributed by atoms with Crippen LogP contribution >= 0.6 is 0 Å². The van der Waals surface area contributed by atoms with Crippen molar-refractivity contribution < 1.29 is 18.7 Å². The Hall–Kier alpha value is -2.15. The fourth-order valence-electron chi connectivity index (χ4n) is 1.93. The first-order chi connectivity index (χ1) is 10.8. The van der Waals surface area contributed by atoms with Gasteiger partial charge in [-0.2, -0.15) is 0 Å². The van der Waals surface area contributed by atoms with Crippen LogP contribution in [0.25, 0.3) is 0 Å². The normalized spacial score (nSPS) is 10.7. The van der Waals surface area contributed by atoms with Gasteiger partial charge in [0.15, 0.2) is 11.6 Å². The van der Waals surface area contributed by atoms with Gasteiger partial charge in [-0.3, -0.25) is 15.0 Å². The number of halogens is 1. The molecule has 0 aromatic heterocycles. The molecule has 6 nitrogen and oxygen atoms in total. The molecule has 1 aromatic rings. The van der Waals surface area contributed by atoms with Gasteiger partial charge in [0.1, 0.15) is 0 Å². The summed E-state index contributed by atoms with van der Waals surface area (Å²) in [6.07, 6.45) is 0. The quantitative estimate of drug-likeness (QED) is 0.801. The maximum absolute atomic E-state index is 13.6. The van der Waals surface area contributed by atoms with E-state index in [9.17, 15) is 14.0 Å². The van der Waals surface area contributed by atoms with Crippen molar-refractivity contribution in [3.05, 3.63) is 29.6 Å². The van der Waals surface area contributed by atoms with Crippen molar-refractivity contribution in [3.63, 3.8) is 0 Å². The van der Waals surface area contributed by atoms with E-state index < -0.39 is 17.8 Å². The third kappa shape index (κ3) is 7.10. The van der Waals surface area contributed by atoms with Crippen LogP contribution in [0.15, 0.2) is 18.2 Å². The summed E-state index contributed by atoms with van der Waals surface area (Å²) in [5.41, 5.74) is 0.711. The molecule has 0 aliphatic heterocycles. The summed E-state index contributed by atoms with van der Waals surface area (Å²) >= 11 is 0. The Morgan fingerprint density at radius 3 is 2.61 bits per heavy atom. The molecular formula is C16H24FN3O3. The SMILES string of the molecule is COc1ccc(CN(C)CC(=O)NC(=O)NCC(C)C)cc1F. The number of methoxy groups -OCH3 is 1. The van der Waals surface area contributed by atoms with Crippen LogP contribution in [0.4, 0.5) is 9.18 Å². The first kappa shape index (κ1) is 18.9. The molecule has 2 N–H and O–H groups in total. The number of likely N-dealkylation sites (N-methyl/N-ethyl adjacent to an activating group) is 1. The minimum Gasteiger partial charge on any atom is -0.494 e. The molecule has 23 heavy (non-hydrogen) atoms. The van der Waals surface area contributed by atoms with Crippen LogP contribution in [-0.4, -0.2) is 44.1 Å². The second kappa shape index (κ2) is 9.09. The van der Waals surface area contributed by atoms with Crippen LogP contribution in [0.1, 0.15) is 19.4 Å². The number of urea groups is 1. The molecule has 1 aromatic carbocycles. The fourth-order valence-corrected chi connectivity index (χ4v) is 1.93. The molecule has 0 atom stereocenters. The number of amides is 3. The van der Waals surface area contributed by atoms with Gasteiger partial charge in [-0.1, -0.05) is 19.9 Å². The van der Waals surface area contributed by atoms with Gasteiger partial charge in [0.2, 0.25) is 5.91 Å². The van der Waals surface area contributed by atoms with Gasteiger partial charge in [0, 0.05) is 13.1 Å². The number of carbonyl (C=O) groups excluding carboxylic acids is 2. The summed E-state index contributed by atoms with van der Waals surface area (Å²) < 4.78 is 18.5. The van der Waals surface area contributed by atoms with E-state index >= 15 is 0 Å². The van der Waals surface area contributed by atoms with E-state index in [0.717, 1.165) is 0 Å². The van der Waals surface area contributed by atoms with E-state index in [-0.39, 0.29) is 12.3 Å². The second-order valence-corrected chi connectivity index (χ2v) is 5.79. The van der Waals surface area contributed by atoms with Crippen molar-refractivity contribution in [2.24, 2.45) is 5.92 Å². The molecule has 1 rings (SSSR count). The Labute approximate surface area is 136 Å².